The van der Waals surface area contributed by atoms with Crippen LogP contribution in [-0.4, -0.2) is 15.9 Å². The zero-order chi connectivity index (χ0) is 18.1. The minimum Gasteiger partial charge on any atom is -0.388 e. The average Bonchev–Trinajstić information content (AvgIpc) is 3.15. The van der Waals surface area contributed by atoms with Crippen molar-refractivity contribution in [1.82, 2.24) is 0 Å². The van der Waals surface area contributed by atoms with Crippen LogP contribution in [0.4, 0.5) is 0 Å². The molecule has 1 nitrogen and oxygen atoms in total. The standard InChI is InChI=1S/C23H26Cl2O/c24-20-14-21(25)23(17-9-11-18-16(13-17)10-12-22(18)26)19(20)8-4-7-15-5-2-1-3-6-15/h1-3,5-6,9,11,13,19-23,26H,4,7-8,10,12,14H2. The highest BCUT2D eigenvalue weighted by Gasteiger charge is 2.42. The van der Waals surface area contributed by atoms with E-state index in [0.29, 0.717) is 11.8 Å². The van der Waals surface area contributed by atoms with Gasteiger partial charge in [0.25, 0.3) is 0 Å². The van der Waals surface area contributed by atoms with Crippen LogP contribution in [-0.2, 0) is 12.8 Å². The maximum absolute atomic E-state index is 10.1. The Hall–Kier alpha value is -1.02. The highest BCUT2D eigenvalue weighted by Crippen LogP contribution is 2.48. The van der Waals surface area contributed by atoms with Gasteiger partial charge in [0, 0.05) is 16.7 Å². The Morgan fingerprint density at radius 3 is 2.62 bits per heavy atom. The summed E-state index contributed by atoms with van der Waals surface area (Å²) < 4.78 is 0. The van der Waals surface area contributed by atoms with Crippen LogP contribution in [0.2, 0.25) is 0 Å². The molecule has 2 aliphatic carbocycles. The van der Waals surface area contributed by atoms with Gasteiger partial charge in [0.15, 0.2) is 0 Å². The number of fused-ring (bicyclic) bond motifs is 1. The van der Waals surface area contributed by atoms with Crippen LogP contribution in [0.25, 0.3) is 0 Å². The van der Waals surface area contributed by atoms with Crippen LogP contribution in [0, 0.1) is 5.92 Å². The first-order valence-electron chi connectivity index (χ1n) is 9.76. The molecule has 5 atom stereocenters. The van der Waals surface area contributed by atoms with E-state index in [1.807, 2.05) is 0 Å². The smallest absolute Gasteiger partial charge is 0.0795 e. The second-order valence-corrected chi connectivity index (χ2v) is 8.97. The van der Waals surface area contributed by atoms with Crippen molar-refractivity contribution in [3.8, 4) is 0 Å². The van der Waals surface area contributed by atoms with Gasteiger partial charge < -0.3 is 5.11 Å². The molecule has 4 rings (SSSR count). The molecule has 0 aliphatic heterocycles. The first-order valence-corrected chi connectivity index (χ1v) is 10.6. The molecule has 0 heterocycles. The lowest BCUT2D eigenvalue weighted by molar-refractivity contribution is 0.180. The van der Waals surface area contributed by atoms with Gasteiger partial charge in [0.05, 0.1) is 6.10 Å². The quantitative estimate of drug-likeness (QED) is 0.621. The van der Waals surface area contributed by atoms with Gasteiger partial charge >= 0.3 is 0 Å². The number of alkyl halides is 2. The lowest BCUT2D eigenvalue weighted by atomic mass is 9.84. The minimum atomic E-state index is -0.295. The number of hydrogen-bond donors (Lipinski definition) is 1. The molecule has 1 fully saturated rings. The number of aryl methyl sites for hydroxylation is 2. The fourth-order valence-corrected chi connectivity index (χ4v) is 5.95. The van der Waals surface area contributed by atoms with E-state index in [-0.39, 0.29) is 16.9 Å². The number of rotatable bonds is 5. The molecule has 3 heteroatoms. The molecule has 0 amide bonds. The van der Waals surface area contributed by atoms with Crippen LogP contribution in [0.15, 0.2) is 48.5 Å². The summed E-state index contributed by atoms with van der Waals surface area (Å²) in [6, 6.07) is 17.2. The van der Waals surface area contributed by atoms with Crippen molar-refractivity contribution < 1.29 is 5.11 Å². The van der Waals surface area contributed by atoms with Crippen LogP contribution in [0.5, 0.6) is 0 Å². The zero-order valence-electron chi connectivity index (χ0n) is 15.0. The molecule has 1 N–H and O–H groups in total. The number of aliphatic hydroxyl groups is 1. The molecule has 2 aliphatic rings. The molecular weight excluding hydrogens is 363 g/mol. The largest absolute Gasteiger partial charge is 0.388 e. The molecule has 138 valence electrons. The molecule has 0 saturated heterocycles. The summed E-state index contributed by atoms with van der Waals surface area (Å²) >= 11 is 13.5. The summed E-state index contributed by atoms with van der Waals surface area (Å²) in [5, 5.41) is 10.3. The molecule has 0 aromatic heterocycles. The summed E-state index contributed by atoms with van der Waals surface area (Å²) in [5.74, 6) is 0.741. The van der Waals surface area contributed by atoms with Gasteiger partial charge in [-0.25, -0.2) is 0 Å². The maximum atomic E-state index is 10.1. The Labute approximate surface area is 166 Å². The molecule has 2 aromatic carbocycles. The second kappa shape index (κ2) is 7.92. The van der Waals surface area contributed by atoms with Gasteiger partial charge in [-0.15, -0.1) is 23.2 Å². The normalized spacial score (nSPS) is 30.5. The number of benzene rings is 2. The molecule has 1 saturated carbocycles. The summed E-state index contributed by atoms with van der Waals surface area (Å²) in [4.78, 5) is 0. The van der Waals surface area contributed by atoms with Crippen molar-refractivity contribution in [2.75, 3.05) is 0 Å². The minimum absolute atomic E-state index is 0.101. The van der Waals surface area contributed by atoms with Crippen LogP contribution < -0.4 is 0 Å². The first kappa shape index (κ1) is 18.3. The lowest BCUT2D eigenvalue weighted by Crippen LogP contribution is -2.17. The van der Waals surface area contributed by atoms with E-state index < -0.39 is 0 Å². The van der Waals surface area contributed by atoms with E-state index in [1.165, 1.54) is 16.7 Å². The van der Waals surface area contributed by atoms with Crippen molar-refractivity contribution in [1.29, 1.82) is 0 Å². The van der Waals surface area contributed by atoms with Gasteiger partial charge in [-0.3, -0.25) is 0 Å². The first-order chi connectivity index (χ1) is 12.6. The molecule has 0 radical (unpaired) electrons. The predicted molar refractivity (Wildman–Crippen MR) is 109 cm³/mol. The van der Waals surface area contributed by atoms with E-state index in [4.69, 9.17) is 23.2 Å². The van der Waals surface area contributed by atoms with Gasteiger partial charge in [0.2, 0.25) is 0 Å². The summed E-state index contributed by atoms with van der Waals surface area (Å²) in [5.41, 5.74) is 5.09. The highest BCUT2D eigenvalue weighted by atomic mass is 35.5. The molecule has 26 heavy (non-hydrogen) atoms. The van der Waals surface area contributed by atoms with Crippen molar-refractivity contribution in [3.05, 3.63) is 70.8 Å². The Kier molecular flexibility index (Phi) is 5.59. The van der Waals surface area contributed by atoms with Crippen LogP contribution in [0.3, 0.4) is 0 Å². The number of aliphatic hydroxyl groups excluding tert-OH is 1. The summed E-state index contributed by atoms with van der Waals surface area (Å²) in [6.07, 6.45) is 5.73. The van der Waals surface area contributed by atoms with Crippen LogP contribution >= 0.6 is 23.2 Å². The van der Waals surface area contributed by atoms with E-state index in [9.17, 15) is 5.11 Å². The SMILES string of the molecule is OC1CCc2cc(C3C(Cl)CC(Cl)C3CCCc3ccccc3)ccc21. The third kappa shape index (κ3) is 3.67. The van der Waals surface area contributed by atoms with Gasteiger partial charge in [-0.05, 0) is 66.7 Å². The average molecular weight is 389 g/mol. The number of hydrogen-bond acceptors (Lipinski definition) is 1. The Morgan fingerprint density at radius 1 is 1.00 bits per heavy atom. The molecule has 0 spiro atoms. The highest BCUT2D eigenvalue weighted by molar-refractivity contribution is 6.25. The maximum Gasteiger partial charge on any atom is 0.0795 e. The van der Waals surface area contributed by atoms with Crippen molar-refractivity contribution in [2.24, 2.45) is 5.92 Å². The van der Waals surface area contributed by atoms with Crippen LogP contribution in [0.1, 0.15) is 60.0 Å². The fraction of sp³-hybridized carbons (Fsp3) is 0.478. The summed E-state index contributed by atoms with van der Waals surface area (Å²) in [6.45, 7) is 0. The summed E-state index contributed by atoms with van der Waals surface area (Å²) in [7, 11) is 0. The molecule has 2 aromatic rings. The van der Waals surface area contributed by atoms with E-state index in [0.717, 1.165) is 44.1 Å². The predicted octanol–water partition coefficient (Wildman–Crippen LogP) is 6.01. The van der Waals surface area contributed by atoms with E-state index in [1.54, 1.807) is 0 Å². The molecule has 0 bridgehead atoms. The third-order valence-electron chi connectivity index (χ3n) is 6.21. The zero-order valence-corrected chi connectivity index (χ0v) is 16.5. The Balaban J connectivity index is 1.48. The second-order valence-electron chi connectivity index (χ2n) is 7.85. The Bertz CT molecular complexity index is 745. The molecule has 5 unspecified atom stereocenters. The van der Waals surface area contributed by atoms with Gasteiger partial charge in [-0.1, -0.05) is 48.5 Å². The fourth-order valence-electron chi connectivity index (χ4n) is 4.86. The van der Waals surface area contributed by atoms with E-state index in [2.05, 4.69) is 48.5 Å². The number of halogens is 2. The third-order valence-corrected chi connectivity index (χ3v) is 7.16. The monoisotopic (exact) mass is 388 g/mol. The van der Waals surface area contributed by atoms with Crippen molar-refractivity contribution in [3.63, 3.8) is 0 Å². The van der Waals surface area contributed by atoms with Gasteiger partial charge in [-0.2, -0.15) is 0 Å². The molecular formula is C23H26Cl2O. The topological polar surface area (TPSA) is 20.2 Å². The van der Waals surface area contributed by atoms with Crippen molar-refractivity contribution in [2.45, 2.75) is 61.3 Å². The Morgan fingerprint density at radius 2 is 1.81 bits per heavy atom. The van der Waals surface area contributed by atoms with E-state index >= 15 is 0 Å². The lowest BCUT2D eigenvalue weighted by Gasteiger charge is -2.24. The van der Waals surface area contributed by atoms with Gasteiger partial charge in [0.1, 0.15) is 0 Å². The van der Waals surface area contributed by atoms with Crippen molar-refractivity contribution >= 4 is 23.2 Å².